The Morgan fingerprint density at radius 1 is 1.11 bits per heavy atom. The molecule has 0 N–H and O–H groups in total. The van der Waals surface area contributed by atoms with Gasteiger partial charge in [0.05, 0.1) is 21.1 Å². The number of thiophene rings is 1. The van der Waals surface area contributed by atoms with E-state index in [1.807, 2.05) is 48.5 Å². The van der Waals surface area contributed by atoms with E-state index in [0.717, 1.165) is 38.0 Å². The van der Waals surface area contributed by atoms with Gasteiger partial charge in [0.25, 0.3) is 10.0 Å². The summed E-state index contributed by atoms with van der Waals surface area (Å²) in [5.41, 5.74) is 1.73. The maximum absolute atomic E-state index is 14.1. The third kappa shape index (κ3) is 5.19. The molecule has 0 spiro atoms. The van der Waals surface area contributed by atoms with Gasteiger partial charge in [-0.1, -0.05) is 75.6 Å². The van der Waals surface area contributed by atoms with E-state index in [1.165, 1.54) is 21.7 Å². The maximum atomic E-state index is 14.1. The van der Waals surface area contributed by atoms with E-state index in [-0.39, 0.29) is 10.1 Å². The minimum absolute atomic E-state index is 0.154. The molecule has 1 atom stereocenters. The molecule has 6 nitrogen and oxygen atoms in total. The van der Waals surface area contributed by atoms with Crippen LogP contribution in [0.5, 0.6) is 0 Å². The normalized spacial score (nSPS) is 17.0. The molecule has 1 aliphatic heterocycles. The van der Waals surface area contributed by atoms with Gasteiger partial charge in [0.1, 0.15) is 10.3 Å². The van der Waals surface area contributed by atoms with Crippen LogP contribution in [0.15, 0.2) is 69.3 Å². The van der Waals surface area contributed by atoms with Crippen molar-refractivity contribution in [2.24, 2.45) is 0 Å². The Labute approximate surface area is 225 Å². The molecule has 0 saturated carbocycles. The summed E-state index contributed by atoms with van der Waals surface area (Å²) >= 11 is 11.9. The number of rotatable bonds is 6. The monoisotopic (exact) mass is 609 g/mol. The Morgan fingerprint density at radius 3 is 2.66 bits per heavy atom. The van der Waals surface area contributed by atoms with Gasteiger partial charge in [-0.2, -0.15) is 4.31 Å². The van der Waals surface area contributed by atoms with Gasteiger partial charge in [0, 0.05) is 11.0 Å². The lowest BCUT2D eigenvalue weighted by molar-refractivity contribution is -0.123. The summed E-state index contributed by atoms with van der Waals surface area (Å²) in [6, 6.07) is 17.7. The lowest BCUT2D eigenvalue weighted by Gasteiger charge is -2.35. The molecule has 182 valence electrons. The molecule has 1 unspecified atom stereocenters. The van der Waals surface area contributed by atoms with Crippen LogP contribution in [0.3, 0.4) is 0 Å². The summed E-state index contributed by atoms with van der Waals surface area (Å²) in [4.78, 5) is 20.5. The largest absolute Gasteiger partial charge is 0.282 e. The van der Waals surface area contributed by atoms with Crippen molar-refractivity contribution in [3.8, 4) is 0 Å². The molecular weight excluding hydrogens is 590 g/mol. The maximum Gasteiger partial charge on any atom is 0.253 e. The molecular formula is C24H21BrClN3O3S3. The number of thiazole rings is 1. The molecule has 35 heavy (non-hydrogen) atoms. The van der Waals surface area contributed by atoms with Gasteiger partial charge >= 0.3 is 0 Å². The van der Waals surface area contributed by atoms with Crippen molar-refractivity contribution >= 4 is 81.5 Å². The fraction of sp³-hybridized carbons (Fsp3) is 0.250. The molecule has 0 radical (unpaired) electrons. The zero-order chi connectivity index (χ0) is 24.6. The van der Waals surface area contributed by atoms with Gasteiger partial charge < -0.3 is 0 Å². The Bertz CT molecular complexity index is 1470. The topological polar surface area (TPSA) is 70.6 Å². The molecule has 0 bridgehead atoms. The number of hydrogen-bond acceptors (Lipinski definition) is 6. The first-order valence-corrected chi connectivity index (χ1v) is 15.3. The van der Waals surface area contributed by atoms with Gasteiger partial charge in [0.15, 0.2) is 5.13 Å². The highest BCUT2D eigenvalue weighted by Gasteiger charge is 2.41. The lowest BCUT2D eigenvalue weighted by Crippen LogP contribution is -2.52. The summed E-state index contributed by atoms with van der Waals surface area (Å²) in [5, 5.41) is 0.550. The molecule has 1 aliphatic rings. The number of fused-ring (bicyclic) bond motifs is 1. The number of hydrogen-bond donors (Lipinski definition) is 0. The van der Waals surface area contributed by atoms with E-state index in [9.17, 15) is 13.2 Å². The fourth-order valence-corrected chi connectivity index (χ4v) is 8.96. The Morgan fingerprint density at radius 2 is 1.91 bits per heavy atom. The Kier molecular flexibility index (Phi) is 7.30. The van der Waals surface area contributed by atoms with Crippen LogP contribution >= 0.6 is 50.2 Å². The zero-order valence-electron chi connectivity index (χ0n) is 18.4. The fourth-order valence-electron chi connectivity index (χ4n) is 4.18. The second-order valence-corrected chi connectivity index (χ2v) is 14.0. The van der Waals surface area contributed by atoms with Crippen molar-refractivity contribution in [1.82, 2.24) is 9.29 Å². The van der Waals surface area contributed by atoms with Gasteiger partial charge in [0.2, 0.25) is 5.91 Å². The molecule has 4 aromatic rings. The zero-order valence-corrected chi connectivity index (χ0v) is 23.2. The van der Waals surface area contributed by atoms with Crippen molar-refractivity contribution in [1.29, 1.82) is 0 Å². The predicted octanol–water partition coefficient (Wildman–Crippen LogP) is 6.55. The van der Waals surface area contributed by atoms with Crippen molar-refractivity contribution in [2.75, 3.05) is 11.4 Å². The van der Waals surface area contributed by atoms with Crippen LogP contribution in [-0.2, 0) is 21.4 Å². The molecule has 1 saturated heterocycles. The second kappa shape index (κ2) is 10.3. The number of benzene rings is 2. The van der Waals surface area contributed by atoms with Crippen LogP contribution in [0.25, 0.3) is 10.2 Å². The van der Waals surface area contributed by atoms with Crippen LogP contribution < -0.4 is 4.90 Å². The molecule has 1 fully saturated rings. The Hall–Kier alpha value is -1.82. The summed E-state index contributed by atoms with van der Waals surface area (Å²) in [6.45, 7) is 0.593. The first-order valence-electron chi connectivity index (χ1n) is 11.0. The van der Waals surface area contributed by atoms with E-state index in [0.29, 0.717) is 35.4 Å². The highest BCUT2D eigenvalue weighted by molar-refractivity contribution is 9.10. The molecule has 2 aromatic carbocycles. The third-order valence-electron chi connectivity index (χ3n) is 5.87. The van der Waals surface area contributed by atoms with E-state index >= 15 is 0 Å². The SMILES string of the molecule is O=C(C1CCCCN1S(=O)(=O)c1ccc(Cl)s1)N(Cc1ccccc1)c1nc2ccc(Br)cc2s1. The van der Waals surface area contributed by atoms with E-state index in [4.69, 9.17) is 16.6 Å². The number of sulfonamides is 1. The molecule has 1 amide bonds. The predicted molar refractivity (Wildman–Crippen MR) is 146 cm³/mol. The van der Waals surface area contributed by atoms with Gasteiger partial charge in [-0.3, -0.25) is 9.69 Å². The number of amides is 1. The minimum Gasteiger partial charge on any atom is -0.282 e. The summed E-state index contributed by atoms with van der Waals surface area (Å²) < 4.78 is 30.8. The lowest BCUT2D eigenvalue weighted by atomic mass is 10.0. The number of carbonyl (C=O) groups excluding carboxylic acids is 1. The number of halogens is 2. The van der Waals surface area contributed by atoms with Crippen molar-refractivity contribution in [2.45, 2.75) is 36.1 Å². The van der Waals surface area contributed by atoms with Crippen LogP contribution in [0.1, 0.15) is 24.8 Å². The molecule has 0 aliphatic carbocycles. The molecule has 11 heteroatoms. The van der Waals surface area contributed by atoms with E-state index in [1.54, 1.807) is 11.0 Å². The molecule has 5 rings (SSSR count). The van der Waals surface area contributed by atoms with Gasteiger partial charge in [-0.25, -0.2) is 13.4 Å². The quantitative estimate of drug-likeness (QED) is 0.248. The van der Waals surface area contributed by atoms with Crippen LogP contribution in [0, 0.1) is 0 Å². The standard InChI is InChI=1S/C24H21BrClN3O3S3/c25-17-9-10-18-20(14-17)33-24(27-18)28(15-16-6-2-1-3-7-16)23(30)19-8-4-5-13-29(19)35(31,32)22-12-11-21(26)34-22/h1-3,6-7,9-12,14,19H,4-5,8,13,15H2. The summed E-state index contributed by atoms with van der Waals surface area (Å²) in [7, 11) is -3.86. The summed E-state index contributed by atoms with van der Waals surface area (Å²) in [5.74, 6) is -0.266. The first-order chi connectivity index (χ1) is 16.8. The number of anilines is 1. The number of aromatic nitrogens is 1. The number of nitrogens with zero attached hydrogens (tertiary/aromatic N) is 3. The minimum atomic E-state index is -3.86. The highest BCUT2D eigenvalue weighted by atomic mass is 79.9. The van der Waals surface area contributed by atoms with Crippen LogP contribution in [0.4, 0.5) is 5.13 Å². The van der Waals surface area contributed by atoms with Crippen molar-refractivity contribution in [3.05, 3.63) is 75.0 Å². The van der Waals surface area contributed by atoms with Crippen molar-refractivity contribution in [3.63, 3.8) is 0 Å². The van der Waals surface area contributed by atoms with Gasteiger partial charge in [-0.05, 0) is 48.7 Å². The highest BCUT2D eigenvalue weighted by Crippen LogP contribution is 2.35. The second-order valence-electron chi connectivity index (χ2n) is 8.20. The number of piperidine rings is 1. The van der Waals surface area contributed by atoms with Crippen LogP contribution in [0.2, 0.25) is 4.34 Å². The third-order valence-corrected chi connectivity index (χ3v) is 11.0. The van der Waals surface area contributed by atoms with Crippen LogP contribution in [-0.4, -0.2) is 36.2 Å². The average molecular weight is 611 g/mol. The van der Waals surface area contributed by atoms with Crippen molar-refractivity contribution < 1.29 is 13.2 Å². The molecule has 3 heterocycles. The summed E-state index contributed by atoms with van der Waals surface area (Å²) in [6.07, 6.45) is 1.94. The average Bonchev–Trinajstić information content (AvgIpc) is 3.49. The number of carbonyl (C=O) groups is 1. The van der Waals surface area contributed by atoms with Gasteiger partial charge in [-0.15, -0.1) is 11.3 Å². The smallest absolute Gasteiger partial charge is 0.253 e. The first kappa shape index (κ1) is 24.9. The Balaban J connectivity index is 1.54. The van der Waals surface area contributed by atoms with E-state index in [2.05, 4.69) is 15.9 Å². The molecule has 2 aromatic heterocycles. The van der Waals surface area contributed by atoms with E-state index < -0.39 is 16.1 Å².